The van der Waals surface area contributed by atoms with E-state index in [1.807, 2.05) is 11.0 Å². The van der Waals surface area contributed by atoms with Gasteiger partial charge in [0.25, 0.3) is 0 Å². The summed E-state index contributed by atoms with van der Waals surface area (Å²) in [5, 5.41) is 3.38. The molecule has 7 heteroatoms. The molecule has 3 heterocycles. The number of nitrogens with one attached hydrogen (secondary N) is 1. The van der Waals surface area contributed by atoms with E-state index in [-0.39, 0.29) is 5.91 Å². The fourth-order valence-electron chi connectivity index (χ4n) is 3.60. The maximum Gasteiger partial charge on any atom is 0.250 e. The topological polar surface area (TPSA) is 74.0 Å². The number of hydrogen-bond donors (Lipinski definition) is 2. The van der Waals surface area contributed by atoms with Gasteiger partial charge in [-0.1, -0.05) is 13.8 Å². The van der Waals surface area contributed by atoms with Gasteiger partial charge in [0.1, 0.15) is 5.84 Å². The van der Waals surface area contributed by atoms with Crippen molar-refractivity contribution in [3.63, 3.8) is 0 Å². The summed E-state index contributed by atoms with van der Waals surface area (Å²) in [5.41, 5.74) is 7.81. The zero-order chi connectivity index (χ0) is 19.2. The van der Waals surface area contributed by atoms with Crippen molar-refractivity contribution in [2.24, 2.45) is 10.7 Å². The quantitative estimate of drug-likeness (QED) is 0.752. The van der Waals surface area contributed by atoms with Gasteiger partial charge in [0.2, 0.25) is 5.91 Å². The lowest BCUT2D eigenvalue weighted by molar-refractivity contribution is -0.127. The van der Waals surface area contributed by atoms with Crippen LogP contribution in [0.5, 0.6) is 0 Å². The lowest BCUT2D eigenvalue weighted by Crippen LogP contribution is -2.42. The van der Waals surface area contributed by atoms with Crippen LogP contribution in [0.15, 0.2) is 16.6 Å². The van der Waals surface area contributed by atoms with Gasteiger partial charge in [-0.05, 0) is 25.0 Å². The highest BCUT2D eigenvalue weighted by Crippen LogP contribution is 2.35. The number of nitrogens with two attached hydrogens (primary N) is 1. The standard InChI is InChI=1S/C20H31N5OS/c1-3-7-25(8-4-2)20(26)15-11-18-17(23-19(21)12-15)13-16(27-18)14-24-9-5-22-6-10-24/h11,13,22H,3-10,12,14H2,1-2H3,(H2,21,23). The largest absolute Gasteiger partial charge is 0.387 e. The molecular weight excluding hydrogens is 358 g/mol. The number of hydrogen-bond acceptors (Lipinski definition) is 6. The highest BCUT2D eigenvalue weighted by Gasteiger charge is 2.22. The monoisotopic (exact) mass is 389 g/mol. The first-order valence-electron chi connectivity index (χ1n) is 9.99. The number of piperazine rings is 1. The molecule has 1 fully saturated rings. The van der Waals surface area contributed by atoms with E-state index in [0.29, 0.717) is 12.3 Å². The van der Waals surface area contributed by atoms with E-state index < -0.39 is 0 Å². The highest BCUT2D eigenvalue weighted by molar-refractivity contribution is 7.13. The minimum Gasteiger partial charge on any atom is -0.387 e. The Kier molecular flexibility index (Phi) is 7.04. The summed E-state index contributed by atoms with van der Waals surface area (Å²) in [4.78, 5) is 24.4. The summed E-state index contributed by atoms with van der Waals surface area (Å²) in [5.74, 6) is 0.620. The van der Waals surface area contributed by atoms with Crippen molar-refractivity contribution in [1.82, 2.24) is 15.1 Å². The second kappa shape index (κ2) is 9.48. The summed E-state index contributed by atoms with van der Waals surface area (Å²) in [6, 6.07) is 2.13. The predicted octanol–water partition coefficient (Wildman–Crippen LogP) is 2.58. The van der Waals surface area contributed by atoms with Gasteiger partial charge in [-0.25, -0.2) is 4.99 Å². The van der Waals surface area contributed by atoms with Crippen LogP contribution in [0.2, 0.25) is 0 Å². The molecule has 0 aromatic carbocycles. The van der Waals surface area contributed by atoms with Crippen molar-refractivity contribution in [2.45, 2.75) is 39.7 Å². The number of fused-ring (bicyclic) bond motifs is 1. The Morgan fingerprint density at radius 2 is 2.00 bits per heavy atom. The third-order valence-corrected chi connectivity index (χ3v) is 5.93. The lowest BCUT2D eigenvalue weighted by atomic mass is 10.1. The third kappa shape index (κ3) is 5.18. The summed E-state index contributed by atoms with van der Waals surface area (Å²) in [7, 11) is 0. The molecule has 0 atom stereocenters. The van der Waals surface area contributed by atoms with Crippen molar-refractivity contribution in [3.8, 4) is 0 Å². The van der Waals surface area contributed by atoms with Crippen molar-refractivity contribution < 1.29 is 4.79 Å². The Balaban J connectivity index is 1.81. The van der Waals surface area contributed by atoms with Crippen LogP contribution < -0.4 is 11.1 Å². The molecule has 0 aliphatic carbocycles. The normalized spacial score (nSPS) is 17.7. The molecule has 1 aromatic heterocycles. The fourth-order valence-corrected chi connectivity index (χ4v) is 4.71. The maximum atomic E-state index is 13.0. The van der Waals surface area contributed by atoms with Crippen LogP contribution in [0.1, 0.15) is 42.9 Å². The van der Waals surface area contributed by atoms with Gasteiger partial charge >= 0.3 is 0 Å². The van der Waals surface area contributed by atoms with E-state index in [9.17, 15) is 4.79 Å². The Morgan fingerprint density at radius 3 is 2.67 bits per heavy atom. The van der Waals surface area contributed by atoms with Crippen LogP contribution in [0.3, 0.4) is 0 Å². The van der Waals surface area contributed by atoms with Crippen molar-refractivity contribution in [1.29, 1.82) is 0 Å². The minimum atomic E-state index is 0.0988. The van der Waals surface area contributed by atoms with Crippen LogP contribution in [0, 0.1) is 0 Å². The molecule has 0 radical (unpaired) electrons. The molecule has 1 amide bonds. The Labute approximate surface area is 166 Å². The predicted molar refractivity (Wildman–Crippen MR) is 114 cm³/mol. The van der Waals surface area contributed by atoms with Crippen molar-refractivity contribution in [2.75, 3.05) is 39.3 Å². The average molecular weight is 390 g/mol. The maximum absolute atomic E-state index is 13.0. The van der Waals surface area contributed by atoms with Crippen molar-refractivity contribution in [3.05, 3.63) is 21.4 Å². The smallest absolute Gasteiger partial charge is 0.250 e. The van der Waals surface area contributed by atoms with E-state index in [1.165, 1.54) is 4.88 Å². The number of aliphatic imine (C=N–C) groups is 1. The number of carbonyl (C=O) groups excluding carboxylic acids is 1. The Bertz CT molecular complexity index is 712. The van der Waals surface area contributed by atoms with Gasteiger partial charge in [-0.15, -0.1) is 11.3 Å². The number of thiophene rings is 1. The van der Waals surface area contributed by atoms with Crippen LogP contribution in [-0.4, -0.2) is 60.8 Å². The van der Waals surface area contributed by atoms with Crippen LogP contribution in [0.25, 0.3) is 6.08 Å². The average Bonchev–Trinajstić information content (AvgIpc) is 2.94. The van der Waals surface area contributed by atoms with Gasteiger partial charge in [0, 0.05) is 62.7 Å². The molecule has 2 aliphatic heterocycles. The Hall–Kier alpha value is -1.70. The SMILES string of the molecule is CCCN(CCC)C(=O)C1=Cc2sc(CN3CCNCC3)cc2N=C(N)C1. The molecule has 0 unspecified atom stereocenters. The summed E-state index contributed by atoms with van der Waals surface area (Å²) in [6.07, 6.45) is 4.37. The number of amidine groups is 1. The number of carbonyl (C=O) groups is 1. The van der Waals surface area contributed by atoms with Crippen LogP contribution in [0.4, 0.5) is 5.69 Å². The second-order valence-electron chi connectivity index (χ2n) is 7.23. The van der Waals surface area contributed by atoms with Crippen LogP contribution in [-0.2, 0) is 11.3 Å². The molecule has 3 rings (SSSR count). The van der Waals surface area contributed by atoms with Gasteiger partial charge in [0.15, 0.2) is 0 Å². The van der Waals surface area contributed by atoms with E-state index in [2.05, 4.69) is 35.1 Å². The van der Waals surface area contributed by atoms with Gasteiger partial charge < -0.3 is 16.0 Å². The summed E-state index contributed by atoms with van der Waals surface area (Å²) >= 11 is 1.73. The molecule has 1 saturated heterocycles. The lowest BCUT2D eigenvalue weighted by Gasteiger charge is -2.26. The first kappa shape index (κ1) is 20.0. The highest BCUT2D eigenvalue weighted by atomic mass is 32.1. The summed E-state index contributed by atoms with van der Waals surface area (Å²) < 4.78 is 0. The third-order valence-electron chi connectivity index (χ3n) is 4.87. The van der Waals surface area contributed by atoms with Crippen molar-refractivity contribution >= 4 is 34.8 Å². The first-order chi connectivity index (χ1) is 13.1. The summed E-state index contributed by atoms with van der Waals surface area (Å²) in [6.45, 7) is 10.9. The van der Waals surface area contributed by atoms with Gasteiger partial charge in [0.05, 0.1) is 10.6 Å². The molecule has 1 aromatic rings. The molecule has 2 aliphatic rings. The van der Waals surface area contributed by atoms with E-state index in [1.54, 1.807) is 11.3 Å². The number of rotatable bonds is 7. The molecule has 148 valence electrons. The first-order valence-corrected chi connectivity index (χ1v) is 10.8. The molecule has 3 N–H and O–H groups in total. The van der Waals surface area contributed by atoms with E-state index >= 15 is 0 Å². The molecule has 0 bridgehead atoms. The zero-order valence-electron chi connectivity index (χ0n) is 16.5. The molecular formula is C20H31N5OS. The number of nitrogens with zero attached hydrogens (tertiary/aromatic N) is 3. The van der Waals surface area contributed by atoms with Gasteiger partial charge in [-0.3, -0.25) is 9.69 Å². The second-order valence-corrected chi connectivity index (χ2v) is 8.40. The molecule has 27 heavy (non-hydrogen) atoms. The molecule has 6 nitrogen and oxygen atoms in total. The molecule has 0 saturated carbocycles. The molecule has 0 spiro atoms. The minimum absolute atomic E-state index is 0.0988. The van der Waals surface area contributed by atoms with Gasteiger partial charge in [-0.2, -0.15) is 0 Å². The van der Waals surface area contributed by atoms with E-state index in [4.69, 9.17) is 5.73 Å². The fraction of sp³-hybridized carbons (Fsp3) is 0.600. The Morgan fingerprint density at radius 1 is 1.30 bits per heavy atom. The number of amides is 1. The van der Waals surface area contributed by atoms with Crippen LogP contribution >= 0.6 is 11.3 Å². The zero-order valence-corrected chi connectivity index (χ0v) is 17.3. The van der Waals surface area contributed by atoms with E-state index in [0.717, 1.165) is 74.8 Å².